The van der Waals surface area contributed by atoms with E-state index in [1.165, 1.54) is 0 Å². The van der Waals surface area contributed by atoms with E-state index in [1.54, 1.807) is 49.6 Å². The quantitative estimate of drug-likeness (QED) is 0.908. The maximum atomic E-state index is 12.2. The van der Waals surface area contributed by atoms with Crippen LogP contribution in [0.15, 0.2) is 42.5 Å². The molecule has 21 heavy (non-hydrogen) atoms. The van der Waals surface area contributed by atoms with Gasteiger partial charge in [-0.3, -0.25) is 9.59 Å². The zero-order valence-corrected chi connectivity index (χ0v) is 11.5. The Labute approximate surface area is 121 Å². The monoisotopic (exact) mass is 282 g/mol. The molecule has 3 rings (SSSR count). The van der Waals surface area contributed by atoms with Crippen molar-refractivity contribution in [3.63, 3.8) is 0 Å². The molecule has 1 aliphatic rings. The molecular formula is C16H14N2O3. The van der Waals surface area contributed by atoms with Gasteiger partial charge in [-0.05, 0) is 29.8 Å². The highest BCUT2D eigenvalue weighted by molar-refractivity contribution is 6.07. The number of nitrogens with one attached hydrogen (secondary N) is 2. The minimum Gasteiger partial charge on any atom is -0.497 e. The molecule has 0 atom stereocenters. The lowest BCUT2D eigenvalue weighted by molar-refractivity contribution is -0.115. The molecule has 5 heteroatoms. The second-order valence-corrected chi connectivity index (χ2v) is 4.78. The van der Waals surface area contributed by atoms with Crippen molar-refractivity contribution in [2.75, 3.05) is 17.7 Å². The molecule has 0 saturated carbocycles. The lowest BCUT2D eigenvalue weighted by Crippen LogP contribution is -2.12. The standard InChI is InChI=1S/C16H14N2O3/c1-21-13-4-2-3-12(9-13)17-16(20)11-6-5-10-8-15(19)18-14(10)7-11/h2-7,9H,8H2,1H3,(H,17,20)(H,18,19). The third-order valence-electron chi connectivity index (χ3n) is 3.32. The van der Waals surface area contributed by atoms with Crippen molar-refractivity contribution in [3.05, 3.63) is 53.6 Å². The third-order valence-corrected chi connectivity index (χ3v) is 3.32. The fraction of sp³-hybridized carbons (Fsp3) is 0.125. The lowest BCUT2D eigenvalue weighted by Gasteiger charge is -2.08. The molecule has 0 bridgehead atoms. The van der Waals surface area contributed by atoms with Gasteiger partial charge >= 0.3 is 0 Å². The molecule has 1 aliphatic heterocycles. The Morgan fingerprint density at radius 2 is 2.10 bits per heavy atom. The second kappa shape index (κ2) is 5.28. The molecule has 0 spiro atoms. The third kappa shape index (κ3) is 2.72. The topological polar surface area (TPSA) is 67.4 Å². The summed E-state index contributed by atoms with van der Waals surface area (Å²) in [6, 6.07) is 12.3. The Morgan fingerprint density at radius 3 is 2.90 bits per heavy atom. The second-order valence-electron chi connectivity index (χ2n) is 4.78. The van der Waals surface area contributed by atoms with Crippen molar-refractivity contribution in [2.24, 2.45) is 0 Å². The summed E-state index contributed by atoms with van der Waals surface area (Å²) < 4.78 is 5.12. The summed E-state index contributed by atoms with van der Waals surface area (Å²) in [5.41, 5.74) is 2.78. The van der Waals surface area contributed by atoms with Crippen molar-refractivity contribution in [1.82, 2.24) is 0 Å². The minimum absolute atomic E-state index is 0.0460. The van der Waals surface area contributed by atoms with E-state index in [2.05, 4.69) is 10.6 Å². The van der Waals surface area contributed by atoms with E-state index in [1.807, 2.05) is 0 Å². The van der Waals surface area contributed by atoms with Gasteiger partial charge < -0.3 is 15.4 Å². The molecule has 0 aliphatic carbocycles. The van der Waals surface area contributed by atoms with E-state index in [9.17, 15) is 9.59 Å². The predicted octanol–water partition coefficient (Wildman–Crippen LogP) is 2.44. The molecule has 0 saturated heterocycles. The van der Waals surface area contributed by atoms with Crippen LogP contribution in [0.25, 0.3) is 0 Å². The summed E-state index contributed by atoms with van der Waals surface area (Å²) in [5.74, 6) is 0.400. The van der Waals surface area contributed by atoms with Crippen molar-refractivity contribution in [1.29, 1.82) is 0 Å². The first-order valence-corrected chi connectivity index (χ1v) is 6.54. The molecule has 0 radical (unpaired) electrons. The Balaban J connectivity index is 1.79. The van der Waals surface area contributed by atoms with Crippen molar-refractivity contribution >= 4 is 23.2 Å². The van der Waals surface area contributed by atoms with Gasteiger partial charge in [0.25, 0.3) is 5.91 Å². The van der Waals surface area contributed by atoms with Crippen LogP contribution in [0.4, 0.5) is 11.4 Å². The van der Waals surface area contributed by atoms with Crippen LogP contribution in [0.3, 0.4) is 0 Å². The molecule has 1 heterocycles. The van der Waals surface area contributed by atoms with Crippen LogP contribution in [-0.4, -0.2) is 18.9 Å². The Morgan fingerprint density at radius 1 is 1.24 bits per heavy atom. The molecule has 0 aromatic heterocycles. The molecule has 5 nitrogen and oxygen atoms in total. The zero-order chi connectivity index (χ0) is 14.8. The van der Waals surface area contributed by atoms with Crippen LogP contribution in [0.2, 0.25) is 0 Å². The van der Waals surface area contributed by atoms with Crippen molar-refractivity contribution in [2.45, 2.75) is 6.42 Å². The molecule has 2 amide bonds. The number of ether oxygens (including phenoxy) is 1. The predicted molar refractivity (Wildman–Crippen MR) is 79.7 cm³/mol. The minimum atomic E-state index is -0.229. The number of amides is 2. The van der Waals surface area contributed by atoms with E-state index in [0.29, 0.717) is 29.1 Å². The number of fused-ring (bicyclic) bond motifs is 1. The lowest BCUT2D eigenvalue weighted by atomic mass is 10.1. The number of benzene rings is 2. The fourth-order valence-corrected chi connectivity index (χ4v) is 2.26. The van der Waals surface area contributed by atoms with Gasteiger partial charge in [0, 0.05) is 23.0 Å². The molecule has 0 fully saturated rings. The van der Waals surface area contributed by atoms with Gasteiger partial charge in [0.1, 0.15) is 5.75 Å². The maximum Gasteiger partial charge on any atom is 0.255 e. The maximum absolute atomic E-state index is 12.2. The number of carbonyl (C=O) groups is 2. The van der Waals surface area contributed by atoms with E-state index < -0.39 is 0 Å². The van der Waals surface area contributed by atoms with Gasteiger partial charge in [0.05, 0.1) is 13.5 Å². The van der Waals surface area contributed by atoms with Crippen LogP contribution < -0.4 is 15.4 Å². The Kier molecular flexibility index (Phi) is 3.31. The molecule has 2 aromatic carbocycles. The van der Waals surface area contributed by atoms with Crippen LogP contribution in [0.5, 0.6) is 5.75 Å². The van der Waals surface area contributed by atoms with Gasteiger partial charge in [0.15, 0.2) is 0 Å². The van der Waals surface area contributed by atoms with Gasteiger partial charge in [-0.25, -0.2) is 0 Å². The van der Waals surface area contributed by atoms with E-state index in [4.69, 9.17) is 4.74 Å². The number of carbonyl (C=O) groups excluding carboxylic acids is 2. The summed E-state index contributed by atoms with van der Waals surface area (Å²) in [5, 5.41) is 5.54. The van der Waals surface area contributed by atoms with Crippen LogP contribution >= 0.6 is 0 Å². The van der Waals surface area contributed by atoms with Gasteiger partial charge in [-0.1, -0.05) is 12.1 Å². The highest BCUT2D eigenvalue weighted by atomic mass is 16.5. The molecule has 106 valence electrons. The molecule has 0 unspecified atom stereocenters. The highest BCUT2D eigenvalue weighted by Gasteiger charge is 2.19. The first kappa shape index (κ1) is 13.2. The number of hydrogen-bond acceptors (Lipinski definition) is 3. The summed E-state index contributed by atoms with van der Waals surface area (Å²) in [4.78, 5) is 23.5. The highest BCUT2D eigenvalue weighted by Crippen LogP contribution is 2.25. The van der Waals surface area contributed by atoms with Gasteiger partial charge in [0.2, 0.25) is 5.91 Å². The summed E-state index contributed by atoms with van der Waals surface area (Å²) in [6.07, 6.45) is 0.368. The number of methoxy groups -OCH3 is 1. The number of anilines is 2. The molecular weight excluding hydrogens is 268 g/mol. The number of hydrogen-bond donors (Lipinski definition) is 2. The normalized spacial score (nSPS) is 12.5. The first-order valence-electron chi connectivity index (χ1n) is 6.54. The molecule has 2 N–H and O–H groups in total. The van der Waals surface area contributed by atoms with E-state index in [-0.39, 0.29) is 11.8 Å². The van der Waals surface area contributed by atoms with Crippen LogP contribution in [-0.2, 0) is 11.2 Å². The van der Waals surface area contributed by atoms with Crippen molar-refractivity contribution in [3.8, 4) is 5.75 Å². The first-order chi connectivity index (χ1) is 10.2. The average molecular weight is 282 g/mol. The number of rotatable bonds is 3. The Hall–Kier alpha value is -2.82. The Bertz CT molecular complexity index is 725. The van der Waals surface area contributed by atoms with Crippen molar-refractivity contribution < 1.29 is 14.3 Å². The van der Waals surface area contributed by atoms with E-state index >= 15 is 0 Å². The largest absolute Gasteiger partial charge is 0.497 e. The van der Waals surface area contributed by atoms with Gasteiger partial charge in [-0.15, -0.1) is 0 Å². The summed E-state index contributed by atoms with van der Waals surface area (Å²) >= 11 is 0. The summed E-state index contributed by atoms with van der Waals surface area (Å²) in [6.45, 7) is 0. The zero-order valence-electron chi connectivity index (χ0n) is 11.5. The van der Waals surface area contributed by atoms with E-state index in [0.717, 1.165) is 5.56 Å². The fourth-order valence-electron chi connectivity index (χ4n) is 2.26. The van der Waals surface area contributed by atoms with Gasteiger partial charge in [-0.2, -0.15) is 0 Å². The molecule has 2 aromatic rings. The summed E-state index contributed by atoms with van der Waals surface area (Å²) in [7, 11) is 1.57. The van der Waals surface area contributed by atoms with Crippen LogP contribution in [0.1, 0.15) is 15.9 Å². The SMILES string of the molecule is COc1cccc(NC(=O)c2ccc3c(c2)NC(=O)C3)c1. The smallest absolute Gasteiger partial charge is 0.255 e. The average Bonchev–Trinajstić information content (AvgIpc) is 2.86. The van der Waals surface area contributed by atoms with Crippen LogP contribution in [0, 0.1) is 0 Å².